The van der Waals surface area contributed by atoms with Gasteiger partial charge in [-0.3, -0.25) is 0 Å². The van der Waals surface area contributed by atoms with E-state index in [4.69, 9.17) is 0 Å². The number of nitrogens with zero attached hydrogens (tertiary/aromatic N) is 1. The van der Waals surface area contributed by atoms with Crippen molar-refractivity contribution in [3.8, 4) is 0 Å². The minimum Gasteiger partial charge on any atom is -0.307 e. The molecule has 0 saturated carbocycles. The molecule has 0 aromatic heterocycles. The summed E-state index contributed by atoms with van der Waals surface area (Å²) in [5.74, 6) is 1.84. The fraction of sp³-hybridized carbons (Fsp3) is 1.00. The predicted molar refractivity (Wildman–Crippen MR) is 85.6 cm³/mol. The Balaban J connectivity index is 0.000000200. The molecule has 0 spiro atoms. The van der Waals surface area contributed by atoms with E-state index in [1.807, 2.05) is 0 Å². The maximum atomic E-state index is 3.66. The number of hydrogen-bond acceptors (Lipinski definition) is 2. The van der Waals surface area contributed by atoms with Crippen molar-refractivity contribution in [1.29, 1.82) is 0 Å². The molecule has 2 aliphatic rings. The molecule has 0 aliphatic carbocycles. The van der Waals surface area contributed by atoms with Gasteiger partial charge in [-0.15, -0.1) is 0 Å². The van der Waals surface area contributed by atoms with Crippen LogP contribution in [-0.4, -0.2) is 36.1 Å². The molecular formula is C17H36N2. The number of likely N-dealkylation sites (tertiary alicyclic amines) is 1. The largest absolute Gasteiger partial charge is 0.307 e. The Bertz CT molecular complexity index is 236. The van der Waals surface area contributed by atoms with E-state index in [1.54, 1.807) is 0 Å². The zero-order valence-electron chi connectivity index (χ0n) is 14.3. The van der Waals surface area contributed by atoms with Gasteiger partial charge >= 0.3 is 0 Å². The molecule has 19 heavy (non-hydrogen) atoms. The van der Waals surface area contributed by atoms with E-state index in [-0.39, 0.29) is 0 Å². The van der Waals surface area contributed by atoms with Gasteiger partial charge in [-0.25, -0.2) is 0 Å². The summed E-state index contributed by atoms with van der Waals surface area (Å²) in [5.41, 5.74) is 0.669. The molecule has 2 aliphatic heterocycles. The van der Waals surface area contributed by atoms with Crippen molar-refractivity contribution >= 4 is 0 Å². The predicted octanol–water partition coefficient (Wildman–Crippen LogP) is 3.91. The summed E-state index contributed by atoms with van der Waals surface area (Å²) in [7, 11) is 2.20. The van der Waals surface area contributed by atoms with E-state index in [0.717, 1.165) is 11.8 Å². The van der Waals surface area contributed by atoms with Crippen LogP contribution in [0.1, 0.15) is 67.2 Å². The van der Waals surface area contributed by atoms with E-state index in [9.17, 15) is 0 Å². The lowest BCUT2D eigenvalue weighted by Crippen LogP contribution is -2.57. The van der Waals surface area contributed by atoms with Crippen molar-refractivity contribution in [3.63, 3.8) is 0 Å². The normalized spacial score (nSPS) is 28.6. The van der Waals surface area contributed by atoms with Crippen molar-refractivity contribution < 1.29 is 0 Å². The first-order valence-corrected chi connectivity index (χ1v) is 8.07. The maximum absolute atomic E-state index is 3.66. The van der Waals surface area contributed by atoms with Crippen LogP contribution in [0, 0.1) is 11.8 Å². The second-order valence-electron chi connectivity index (χ2n) is 8.39. The lowest BCUT2D eigenvalue weighted by Gasteiger charge is -2.45. The van der Waals surface area contributed by atoms with Crippen LogP contribution < -0.4 is 5.32 Å². The first-order chi connectivity index (χ1) is 8.60. The lowest BCUT2D eigenvalue weighted by molar-refractivity contribution is 0.138. The molecule has 114 valence electrons. The molecule has 0 bridgehead atoms. The smallest absolute Gasteiger partial charge is 0.0132 e. The van der Waals surface area contributed by atoms with Crippen molar-refractivity contribution in [2.45, 2.75) is 78.3 Å². The molecule has 0 aromatic carbocycles. The lowest BCUT2D eigenvalue weighted by atomic mass is 9.77. The van der Waals surface area contributed by atoms with E-state index < -0.39 is 0 Å². The number of nitrogens with one attached hydrogen (secondary N) is 1. The summed E-state index contributed by atoms with van der Waals surface area (Å²) in [5, 5.41) is 3.66. The van der Waals surface area contributed by atoms with Gasteiger partial charge in [0.2, 0.25) is 0 Å². The number of piperidine rings is 2. The van der Waals surface area contributed by atoms with E-state index in [1.165, 1.54) is 38.8 Å². The van der Waals surface area contributed by atoms with Gasteiger partial charge in [0.15, 0.2) is 0 Å². The number of hydrogen-bond donors (Lipinski definition) is 1. The van der Waals surface area contributed by atoms with Gasteiger partial charge in [-0.05, 0) is 85.4 Å². The third-order valence-electron chi connectivity index (χ3n) is 4.40. The zero-order chi connectivity index (χ0) is 14.7. The van der Waals surface area contributed by atoms with Gasteiger partial charge in [0, 0.05) is 11.1 Å². The average Bonchev–Trinajstić information content (AvgIpc) is 2.18. The molecular weight excluding hydrogens is 232 g/mol. The standard InChI is InChI=1S/C10H21N.C7H15N/c1-8-6-9(2,3)11-10(4,5)7-8;1-7-3-5-8(2)6-4-7/h8,11H,6-7H2,1-5H3;7H,3-6H2,1-2H3. The first-order valence-electron chi connectivity index (χ1n) is 8.07. The Morgan fingerprint density at radius 2 is 1.26 bits per heavy atom. The molecule has 2 heterocycles. The molecule has 0 atom stereocenters. The van der Waals surface area contributed by atoms with Crippen molar-refractivity contribution in [2.75, 3.05) is 20.1 Å². The highest BCUT2D eigenvalue weighted by Crippen LogP contribution is 2.31. The SMILES string of the molecule is CC1CC(C)(C)NC(C)(C)C1.CC1CCN(C)CC1. The summed E-state index contributed by atoms with van der Waals surface area (Å²) >= 11 is 0. The molecule has 0 unspecified atom stereocenters. The van der Waals surface area contributed by atoms with Gasteiger partial charge in [0.05, 0.1) is 0 Å². The van der Waals surface area contributed by atoms with Crippen LogP contribution >= 0.6 is 0 Å². The van der Waals surface area contributed by atoms with Crippen LogP contribution in [0.5, 0.6) is 0 Å². The van der Waals surface area contributed by atoms with Crippen LogP contribution in [0.15, 0.2) is 0 Å². The van der Waals surface area contributed by atoms with Crippen molar-refractivity contribution in [3.05, 3.63) is 0 Å². The monoisotopic (exact) mass is 268 g/mol. The van der Waals surface area contributed by atoms with Crippen LogP contribution in [0.4, 0.5) is 0 Å². The van der Waals surface area contributed by atoms with Gasteiger partial charge in [0.25, 0.3) is 0 Å². The van der Waals surface area contributed by atoms with Gasteiger partial charge in [-0.1, -0.05) is 13.8 Å². The molecule has 1 N–H and O–H groups in total. The Hall–Kier alpha value is -0.0800. The minimum atomic E-state index is 0.334. The van der Waals surface area contributed by atoms with Crippen LogP contribution in [0.25, 0.3) is 0 Å². The van der Waals surface area contributed by atoms with Gasteiger partial charge < -0.3 is 10.2 Å². The fourth-order valence-corrected chi connectivity index (χ4v) is 3.97. The maximum Gasteiger partial charge on any atom is 0.0132 e. The third kappa shape index (κ3) is 6.76. The molecule has 0 amide bonds. The Morgan fingerprint density at radius 3 is 1.58 bits per heavy atom. The van der Waals surface area contributed by atoms with Crippen molar-refractivity contribution in [2.24, 2.45) is 11.8 Å². The first kappa shape index (κ1) is 17.0. The van der Waals surface area contributed by atoms with Gasteiger partial charge in [0.1, 0.15) is 0 Å². The summed E-state index contributed by atoms with van der Waals surface area (Å²) < 4.78 is 0. The number of rotatable bonds is 0. The summed E-state index contributed by atoms with van der Waals surface area (Å²) in [6.07, 6.45) is 5.40. The quantitative estimate of drug-likeness (QED) is 0.716. The Morgan fingerprint density at radius 1 is 0.842 bits per heavy atom. The second-order valence-corrected chi connectivity index (χ2v) is 8.39. The molecule has 0 radical (unpaired) electrons. The average molecular weight is 268 g/mol. The Kier molecular flexibility index (Phi) is 5.88. The highest BCUT2D eigenvalue weighted by molar-refractivity contribution is 4.95. The summed E-state index contributed by atoms with van der Waals surface area (Å²) in [6.45, 7) is 16.5. The molecule has 0 aromatic rings. The van der Waals surface area contributed by atoms with Crippen LogP contribution in [0.2, 0.25) is 0 Å². The second kappa shape index (κ2) is 6.58. The summed E-state index contributed by atoms with van der Waals surface area (Å²) in [4.78, 5) is 2.40. The van der Waals surface area contributed by atoms with Crippen molar-refractivity contribution in [1.82, 2.24) is 10.2 Å². The van der Waals surface area contributed by atoms with Crippen LogP contribution in [-0.2, 0) is 0 Å². The van der Waals surface area contributed by atoms with Crippen LogP contribution in [0.3, 0.4) is 0 Å². The molecule has 2 fully saturated rings. The van der Waals surface area contributed by atoms with Gasteiger partial charge in [-0.2, -0.15) is 0 Å². The topological polar surface area (TPSA) is 15.3 Å². The molecule has 2 rings (SSSR count). The highest BCUT2D eigenvalue weighted by Gasteiger charge is 2.35. The van der Waals surface area contributed by atoms with E-state index >= 15 is 0 Å². The molecule has 2 saturated heterocycles. The summed E-state index contributed by atoms with van der Waals surface area (Å²) in [6, 6.07) is 0. The van der Waals surface area contributed by atoms with E-state index in [2.05, 4.69) is 58.8 Å². The third-order valence-corrected chi connectivity index (χ3v) is 4.40. The Labute approximate surface area is 121 Å². The zero-order valence-corrected chi connectivity index (χ0v) is 14.3. The minimum absolute atomic E-state index is 0.334. The van der Waals surface area contributed by atoms with E-state index in [0.29, 0.717) is 11.1 Å². The molecule has 2 nitrogen and oxygen atoms in total. The fourth-order valence-electron chi connectivity index (χ4n) is 3.97. The highest BCUT2D eigenvalue weighted by atomic mass is 15.1. The molecule has 2 heteroatoms.